The first-order valence-electron chi connectivity index (χ1n) is 3.34. The first-order chi connectivity index (χ1) is 5.59. The second-order valence-electron chi connectivity index (χ2n) is 2.27. The van der Waals surface area contributed by atoms with Crippen LogP contribution in [0.4, 0.5) is 5.00 Å². The molecule has 0 spiro atoms. The van der Waals surface area contributed by atoms with Crippen LogP contribution in [-0.4, -0.2) is 17.1 Å². The van der Waals surface area contributed by atoms with Crippen molar-refractivity contribution >= 4 is 38.2 Å². The van der Waals surface area contributed by atoms with Crippen LogP contribution in [-0.2, 0) is 4.79 Å². The van der Waals surface area contributed by atoms with Crippen molar-refractivity contribution in [3.63, 3.8) is 0 Å². The van der Waals surface area contributed by atoms with Gasteiger partial charge in [-0.3, -0.25) is 4.79 Å². The zero-order valence-corrected chi connectivity index (χ0v) is 8.78. The number of aliphatic hydroxyl groups excluding tert-OH is 1. The van der Waals surface area contributed by atoms with E-state index in [1.807, 2.05) is 6.07 Å². The molecule has 0 aliphatic heterocycles. The highest BCUT2D eigenvalue weighted by Crippen LogP contribution is 2.26. The molecule has 0 bridgehead atoms. The highest BCUT2D eigenvalue weighted by atomic mass is 79.9. The summed E-state index contributed by atoms with van der Waals surface area (Å²) in [7, 11) is 0. The van der Waals surface area contributed by atoms with Gasteiger partial charge < -0.3 is 10.4 Å². The largest absolute Gasteiger partial charge is 0.384 e. The SMILES string of the molecule is CC(O)C(=O)Nc1ccc(Br)s1. The number of carbonyl (C=O) groups is 1. The summed E-state index contributed by atoms with van der Waals surface area (Å²) in [6.07, 6.45) is -0.967. The van der Waals surface area contributed by atoms with Gasteiger partial charge in [0, 0.05) is 0 Å². The minimum absolute atomic E-state index is 0.385. The molecule has 0 aliphatic carbocycles. The highest BCUT2D eigenvalue weighted by molar-refractivity contribution is 9.11. The zero-order valence-electron chi connectivity index (χ0n) is 6.37. The lowest BCUT2D eigenvalue weighted by Crippen LogP contribution is -2.23. The molecule has 0 aromatic carbocycles. The molecule has 0 fully saturated rings. The molecule has 3 nitrogen and oxygen atoms in total. The molecular weight excluding hydrogens is 242 g/mol. The Morgan fingerprint density at radius 2 is 2.42 bits per heavy atom. The van der Waals surface area contributed by atoms with Gasteiger partial charge in [0.2, 0.25) is 0 Å². The molecule has 1 rings (SSSR count). The Morgan fingerprint density at radius 1 is 1.75 bits per heavy atom. The van der Waals surface area contributed by atoms with Crippen molar-refractivity contribution in [2.24, 2.45) is 0 Å². The fourth-order valence-corrected chi connectivity index (χ4v) is 1.90. The first kappa shape index (κ1) is 9.70. The molecule has 12 heavy (non-hydrogen) atoms. The molecule has 1 heterocycles. The van der Waals surface area contributed by atoms with Crippen molar-refractivity contribution in [1.29, 1.82) is 0 Å². The fourth-order valence-electron chi connectivity index (χ4n) is 0.607. The summed E-state index contributed by atoms with van der Waals surface area (Å²) in [5.41, 5.74) is 0. The van der Waals surface area contributed by atoms with E-state index in [1.165, 1.54) is 18.3 Å². The van der Waals surface area contributed by atoms with Crippen LogP contribution in [0.25, 0.3) is 0 Å². The van der Waals surface area contributed by atoms with Gasteiger partial charge in [0.1, 0.15) is 6.10 Å². The second kappa shape index (κ2) is 4.02. The molecule has 0 saturated heterocycles. The van der Waals surface area contributed by atoms with Crippen molar-refractivity contribution in [2.75, 3.05) is 5.32 Å². The van der Waals surface area contributed by atoms with Crippen LogP contribution >= 0.6 is 27.3 Å². The van der Waals surface area contributed by atoms with E-state index in [0.717, 1.165) is 8.79 Å². The molecule has 1 aromatic rings. The van der Waals surface area contributed by atoms with E-state index in [-0.39, 0.29) is 5.91 Å². The Bertz CT molecular complexity index is 285. The number of aliphatic hydroxyl groups is 1. The Morgan fingerprint density at radius 3 is 2.83 bits per heavy atom. The molecule has 0 aliphatic rings. The predicted octanol–water partition coefficient (Wildman–Crippen LogP) is 1.83. The number of anilines is 1. The number of nitrogens with one attached hydrogen (secondary N) is 1. The van der Waals surface area contributed by atoms with Crippen LogP contribution in [0.15, 0.2) is 15.9 Å². The lowest BCUT2D eigenvalue weighted by atomic mass is 10.4. The van der Waals surface area contributed by atoms with Gasteiger partial charge in [-0.25, -0.2) is 0 Å². The molecule has 66 valence electrons. The molecule has 1 amide bonds. The Labute approximate surface area is 82.5 Å². The summed E-state index contributed by atoms with van der Waals surface area (Å²) < 4.78 is 0.948. The van der Waals surface area contributed by atoms with Crippen molar-refractivity contribution in [3.8, 4) is 0 Å². The molecule has 0 saturated carbocycles. The number of thiophene rings is 1. The summed E-state index contributed by atoms with van der Waals surface area (Å²) in [4.78, 5) is 11.0. The Hall–Kier alpha value is -0.390. The third-order valence-corrected chi connectivity index (χ3v) is 2.74. The zero-order chi connectivity index (χ0) is 9.14. The van der Waals surface area contributed by atoms with E-state index in [0.29, 0.717) is 0 Å². The van der Waals surface area contributed by atoms with E-state index in [9.17, 15) is 4.79 Å². The van der Waals surface area contributed by atoms with Crippen molar-refractivity contribution in [1.82, 2.24) is 0 Å². The fraction of sp³-hybridized carbons (Fsp3) is 0.286. The van der Waals surface area contributed by atoms with E-state index in [4.69, 9.17) is 5.11 Å². The Balaban J connectivity index is 2.58. The average molecular weight is 250 g/mol. The van der Waals surface area contributed by atoms with Crippen LogP contribution < -0.4 is 5.32 Å². The second-order valence-corrected chi connectivity index (χ2v) is 4.73. The van der Waals surface area contributed by atoms with E-state index in [1.54, 1.807) is 6.07 Å². The molecule has 2 N–H and O–H groups in total. The number of rotatable bonds is 2. The van der Waals surface area contributed by atoms with Crippen molar-refractivity contribution in [3.05, 3.63) is 15.9 Å². The summed E-state index contributed by atoms with van der Waals surface area (Å²) >= 11 is 4.67. The lowest BCUT2D eigenvalue weighted by Gasteiger charge is -2.03. The quantitative estimate of drug-likeness (QED) is 0.841. The maximum absolute atomic E-state index is 11.0. The van der Waals surface area contributed by atoms with Gasteiger partial charge in [-0.15, -0.1) is 11.3 Å². The smallest absolute Gasteiger partial charge is 0.253 e. The monoisotopic (exact) mass is 249 g/mol. The average Bonchev–Trinajstić information content (AvgIpc) is 2.35. The van der Waals surface area contributed by atoms with Gasteiger partial charge >= 0.3 is 0 Å². The summed E-state index contributed by atoms with van der Waals surface area (Å²) in [6, 6.07) is 3.61. The maximum Gasteiger partial charge on any atom is 0.253 e. The van der Waals surface area contributed by atoms with E-state index in [2.05, 4.69) is 21.2 Å². The van der Waals surface area contributed by atoms with Crippen LogP contribution in [0.5, 0.6) is 0 Å². The van der Waals surface area contributed by atoms with Gasteiger partial charge in [-0.05, 0) is 35.0 Å². The van der Waals surface area contributed by atoms with Gasteiger partial charge in [-0.2, -0.15) is 0 Å². The molecule has 0 radical (unpaired) electrons. The number of hydrogen-bond donors (Lipinski definition) is 2. The topological polar surface area (TPSA) is 49.3 Å². The number of halogens is 1. The van der Waals surface area contributed by atoms with Gasteiger partial charge in [0.25, 0.3) is 5.91 Å². The molecule has 1 atom stereocenters. The maximum atomic E-state index is 11.0. The van der Waals surface area contributed by atoms with Gasteiger partial charge in [-0.1, -0.05) is 0 Å². The lowest BCUT2D eigenvalue weighted by molar-refractivity contribution is -0.123. The van der Waals surface area contributed by atoms with Crippen molar-refractivity contribution in [2.45, 2.75) is 13.0 Å². The summed E-state index contributed by atoms with van der Waals surface area (Å²) in [5.74, 6) is -0.385. The van der Waals surface area contributed by atoms with Crippen LogP contribution in [0.2, 0.25) is 0 Å². The number of carbonyl (C=O) groups excluding carboxylic acids is 1. The third-order valence-electron chi connectivity index (χ3n) is 1.20. The predicted molar refractivity (Wildman–Crippen MR) is 52.3 cm³/mol. The normalized spacial score (nSPS) is 12.6. The van der Waals surface area contributed by atoms with E-state index >= 15 is 0 Å². The third kappa shape index (κ3) is 2.58. The molecule has 1 unspecified atom stereocenters. The molecule has 5 heteroatoms. The summed E-state index contributed by atoms with van der Waals surface area (Å²) in [6.45, 7) is 1.43. The van der Waals surface area contributed by atoms with E-state index < -0.39 is 6.10 Å². The first-order valence-corrected chi connectivity index (χ1v) is 4.95. The highest BCUT2D eigenvalue weighted by Gasteiger charge is 2.09. The Kier molecular flexibility index (Phi) is 3.25. The minimum atomic E-state index is -0.967. The van der Waals surface area contributed by atoms with Crippen LogP contribution in [0.1, 0.15) is 6.92 Å². The summed E-state index contributed by atoms with van der Waals surface area (Å²) in [5, 5.41) is 12.2. The van der Waals surface area contributed by atoms with Crippen LogP contribution in [0, 0.1) is 0 Å². The number of hydrogen-bond acceptors (Lipinski definition) is 3. The van der Waals surface area contributed by atoms with Gasteiger partial charge in [0.15, 0.2) is 0 Å². The van der Waals surface area contributed by atoms with Crippen molar-refractivity contribution < 1.29 is 9.90 Å². The van der Waals surface area contributed by atoms with Crippen LogP contribution in [0.3, 0.4) is 0 Å². The van der Waals surface area contributed by atoms with Gasteiger partial charge in [0.05, 0.1) is 8.79 Å². The minimum Gasteiger partial charge on any atom is -0.384 e. The standard InChI is InChI=1S/C7H8BrNO2S/c1-4(10)7(11)9-6-3-2-5(8)12-6/h2-4,10H,1H3,(H,9,11). The molecular formula is C7H8BrNO2S. The number of amides is 1. The molecule has 1 aromatic heterocycles.